The maximum Gasteiger partial charge on any atom is 0.273 e. The molecular formula is C15H20BrN3O2. The number of nitrogens with one attached hydrogen (secondary N) is 1. The van der Waals surface area contributed by atoms with E-state index in [0.29, 0.717) is 12.6 Å². The second kappa shape index (κ2) is 6.42. The topological polar surface area (TPSA) is 58.4 Å². The van der Waals surface area contributed by atoms with Gasteiger partial charge in [-0.1, -0.05) is 15.9 Å². The molecule has 2 aliphatic rings. The van der Waals surface area contributed by atoms with Crippen LogP contribution in [-0.2, 0) is 6.54 Å². The van der Waals surface area contributed by atoms with Crippen LogP contribution in [0.2, 0.25) is 0 Å². The molecule has 1 aromatic rings. The summed E-state index contributed by atoms with van der Waals surface area (Å²) in [4.78, 5) is 13.3. The fourth-order valence-electron chi connectivity index (χ4n) is 3.04. The number of hydrogen-bond acceptors (Lipinski definition) is 4. The highest BCUT2D eigenvalue weighted by atomic mass is 79.9. The molecule has 0 bridgehead atoms. The summed E-state index contributed by atoms with van der Waals surface area (Å²) in [6, 6.07) is 6.44. The summed E-state index contributed by atoms with van der Waals surface area (Å²) in [5.74, 6) is 0. The Morgan fingerprint density at radius 1 is 1.29 bits per heavy atom. The van der Waals surface area contributed by atoms with E-state index in [0.717, 1.165) is 42.0 Å². The van der Waals surface area contributed by atoms with Gasteiger partial charge in [0, 0.05) is 34.7 Å². The standard InChI is InChI=1S/C15H20BrN3O2/c16-12-1-4-15(19(20)21)11(9-12)10-17-13-5-7-18(8-6-13)14-2-3-14/h1,4,9,13-14,17H,2-3,5-8,10H2. The summed E-state index contributed by atoms with van der Waals surface area (Å²) < 4.78 is 0.883. The molecule has 5 nitrogen and oxygen atoms in total. The zero-order valence-electron chi connectivity index (χ0n) is 11.9. The van der Waals surface area contributed by atoms with E-state index < -0.39 is 0 Å². The molecule has 0 spiro atoms. The van der Waals surface area contributed by atoms with Crippen molar-refractivity contribution < 1.29 is 4.92 Å². The van der Waals surface area contributed by atoms with Gasteiger partial charge >= 0.3 is 0 Å². The summed E-state index contributed by atoms with van der Waals surface area (Å²) in [5.41, 5.74) is 0.945. The first kappa shape index (κ1) is 14.9. The second-order valence-electron chi connectivity index (χ2n) is 5.95. The molecule has 21 heavy (non-hydrogen) atoms. The largest absolute Gasteiger partial charge is 0.310 e. The van der Waals surface area contributed by atoms with E-state index in [1.165, 1.54) is 12.8 Å². The van der Waals surface area contributed by atoms with Crippen LogP contribution in [-0.4, -0.2) is 35.0 Å². The van der Waals surface area contributed by atoms with Gasteiger partial charge in [-0.25, -0.2) is 0 Å². The predicted octanol–water partition coefficient (Wildman–Crippen LogP) is 3.07. The molecule has 0 atom stereocenters. The Balaban J connectivity index is 1.55. The molecule has 1 N–H and O–H groups in total. The Labute approximate surface area is 133 Å². The normalized spacial score (nSPS) is 20.6. The summed E-state index contributed by atoms with van der Waals surface area (Å²) >= 11 is 3.39. The molecule has 3 rings (SSSR count). The van der Waals surface area contributed by atoms with Gasteiger partial charge in [-0.2, -0.15) is 0 Å². The van der Waals surface area contributed by atoms with E-state index in [-0.39, 0.29) is 10.6 Å². The fraction of sp³-hybridized carbons (Fsp3) is 0.600. The summed E-state index contributed by atoms with van der Waals surface area (Å²) in [6.45, 7) is 2.87. The molecule has 1 saturated carbocycles. The van der Waals surface area contributed by atoms with Gasteiger partial charge in [0.2, 0.25) is 0 Å². The van der Waals surface area contributed by atoms with Crippen molar-refractivity contribution in [3.8, 4) is 0 Å². The van der Waals surface area contributed by atoms with Crippen LogP contribution in [0.1, 0.15) is 31.2 Å². The Bertz CT molecular complexity index is 526. The van der Waals surface area contributed by atoms with E-state index in [2.05, 4.69) is 26.1 Å². The lowest BCUT2D eigenvalue weighted by Gasteiger charge is -2.32. The van der Waals surface area contributed by atoms with Crippen LogP contribution < -0.4 is 5.32 Å². The summed E-state index contributed by atoms with van der Waals surface area (Å²) in [7, 11) is 0. The van der Waals surface area contributed by atoms with Gasteiger partial charge in [-0.3, -0.25) is 10.1 Å². The molecular weight excluding hydrogens is 334 g/mol. The van der Waals surface area contributed by atoms with Gasteiger partial charge in [0.15, 0.2) is 0 Å². The van der Waals surface area contributed by atoms with E-state index in [9.17, 15) is 10.1 Å². The van der Waals surface area contributed by atoms with Gasteiger partial charge in [0.05, 0.1) is 4.92 Å². The number of piperidine rings is 1. The lowest BCUT2D eigenvalue weighted by atomic mass is 10.0. The number of likely N-dealkylation sites (tertiary alicyclic amines) is 1. The highest BCUT2D eigenvalue weighted by molar-refractivity contribution is 9.10. The fourth-order valence-corrected chi connectivity index (χ4v) is 3.44. The molecule has 2 fully saturated rings. The zero-order valence-corrected chi connectivity index (χ0v) is 13.5. The minimum absolute atomic E-state index is 0.195. The van der Waals surface area contributed by atoms with E-state index >= 15 is 0 Å². The van der Waals surface area contributed by atoms with Crippen LogP contribution in [0.15, 0.2) is 22.7 Å². The SMILES string of the molecule is O=[N+]([O-])c1ccc(Br)cc1CNC1CCN(C2CC2)CC1. The van der Waals surface area contributed by atoms with Crippen LogP contribution in [0, 0.1) is 10.1 Å². The monoisotopic (exact) mass is 353 g/mol. The van der Waals surface area contributed by atoms with Crippen molar-refractivity contribution >= 4 is 21.6 Å². The Kier molecular flexibility index (Phi) is 4.57. The van der Waals surface area contributed by atoms with E-state index in [1.54, 1.807) is 12.1 Å². The number of hydrogen-bond donors (Lipinski definition) is 1. The van der Waals surface area contributed by atoms with Crippen LogP contribution in [0.4, 0.5) is 5.69 Å². The summed E-state index contributed by atoms with van der Waals surface area (Å²) in [6.07, 6.45) is 5.00. The third-order valence-electron chi connectivity index (χ3n) is 4.41. The molecule has 1 saturated heterocycles. The first-order valence-electron chi connectivity index (χ1n) is 7.54. The van der Waals surface area contributed by atoms with Crippen molar-refractivity contribution in [1.29, 1.82) is 0 Å². The van der Waals surface area contributed by atoms with Crippen molar-refractivity contribution in [2.75, 3.05) is 13.1 Å². The smallest absolute Gasteiger partial charge is 0.273 e. The van der Waals surface area contributed by atoms with Crippen molar-refractivity contribution in [3.63, 3.8) is 0 Å². The molecule has 0 radical (unpaired) electrons. The lowest BCUT2D eigenvalue weighted by Crippen LogP contribution is -2.43. The molecule has 6 heteroatoms. The van der Waals surface area contributed by atoms with Crippen molar-refractivity contribution in [2.45, 2.75) is 44.3 Å². The van der Waals surface area contributed by atoms with Crippen molar-refractivity contribution in [2.24, 2.45) is 0 Å². The lowest BCUT2D eigenvalue weighted by molar-refractivity contribution is -0.385. The molecule has 1 aromatic carbocycles. The number of nitrogens with zero attached hydrogens (tertiary/aromatic N) is 2. The molecule has 0 amide bonds. The molecule has 1 aliphatic heterocycles. The third-order valence-corrected chi connectivity index (χ3v) is 4.91. The van der Waals surface area contributed by atoms with E-state index in [1.807, 2.05) is 6.07 Å². The van der Waals surface area contributed by atoms with Gasteiger partial charge in [0.1, 0.15) is 0 Å². The number of rotatable bonds is 5. The molecule has 1 aliphatic carbocycles. The molecule has 0 unspecified atom stereocenters. The van der Waals surface area contributed by atoms with Crippen LogP contribution in [0.5, 0.6) is 0 Å². The Morgan fingerprint density at radius 3 is 2.62 bits per heavy atom. The first-order valence-corrected chi connectivity index (χ1v) is 8.33. The summed E-state index contributed by atoms with van der Waals surface area (Å²) in [5, 5.41) is 14.6. The predicted molar refractivity (Wildman–Crippen MR) is 85.3 cm³/mol. The average molecular weight is 354 g/mol. The van der Waals surface area contributed by atoms with Crippen molar-refractivity contribution in [1.82, 2.24) is 10.2 Å². The van der Waals surface area contributed by atoms with Gasteiger partial charge < -0.3 is 10.2 Å². The number of benzene rings is 1. The Hall–Kier alpha value is -0.980. The quantitative estimate of drug-likeness (QED) is 0.652. The highest BCUT2D eigenvalue weighted by Gasteiger charge is 2.31. The molecule has 114 valence electrons. The number of nitro benzene ring substituents is 1. The molecule has 0 aromatic heterocycles. The highest BCUT2D eigenvalue weighted by Crippen LogP contribution is 2.29. The molecule has 1 heterocycles. The second-order valence-corrected chi connectivity index (χ2v) is 6.87. The average Bonchev–Trinajstić information content (AvgIpc) is 3.30. The van der Waals surface area contributed by atoms with Crippen LogP contribution in [0.3, 0.4) is 0 Å². The minimum Gasteiger partial charge on any atom is -0.310 e. The van der Waals surface area contributed by atoms with Crippen molar-refractivity contribution in [3.05, 3.63) is 38.3 Å². The number of halogens is 1. The first-order chi connectivity index (χ1) is 10.1. The minimum atomic E-state index is -0.306. The van der Waals surface area contributed by atoms with Crippen LogP contribution >= 0.6 is 15.9 Å². The third kappa shape index (κ3) is 3.81. The van der Waals surface area contributed by atoms with Gasteiger partial charge in [-0.15, -0.1) is 0 Å². The van der Waals surface area contributed by atoms with E-state index in [4.69, 9.17) is 0 Å². The maximum atomic E-state index is 11.1. The number of nitro groups is 1. The van der Waals surface area contributed by atoms with Crippen LogP contribution in [0.25, 0.3) is 0 Å². The maximum absolute atomic E-state index is 11.1. The zero-order chi connectivity index (χ0) is 14.8. The van der Waals surface area contributed by atoms with Gasteiger partial charge in [-0.05, 0) is 50.9 Å². The Morgan fingerprint density at radius 2 is 2.00 bits per heavy atom. The van der Waals surface area contributed by atoms with Gasteiger partial charge in [0.25, 0.3) is 5.69 Å².